The summed E-state index contributed by atoms with van der Waals surface area (Å²) in [5.41, 5.74) is 2.47. The molecule has 0 N–H and O–H groups in total. The van der Waals surface area contributed by atoms with Crippen molar-refractivity contribution in [2.24, 2.45) is 0 Å². The standard InChI is InChI=1S/C23H21N3O4S2/c1-16-6-11-20-21(13-16)31-23(25-20)26(14-17-5-3-4-12-24-17)22(27)15-32(28,29)19-9-7-18(30-2)8-10-19/h3-13H,14-15H2,1-2H3. The number of ether oxygens (including phenoxy) is 1. The minimum atomic E-state index is -3.86. The van der Waals surface area contributed by atoms with E-state index in [1.165, 1.54) is 35.5 Å². The van der Waals surface area contributed by atoms with Crippen LogP contribution in [0, 0.1) is 6.92 Å². The largest absolute Gasteiger partial charge is 0.497 e. The molecule has 4 rings (SSSR count). The van der Waals surface area contributed by atoms with Gasteiger partial charge in [-0.05, 0) is 61.0 Å². The van der Waals surface area contributed by atoms with Gasteiger partial charge in [0.2, 0.25) is 5.91 Å². The maximum atomic E-state index is 13.3. The number of carbonyl (C=O) groups excluding carboxylic acids is 1. The van der Waals surface area contributed by atoms with E-state index >= 15 is 0 Å². The fourth-order valence-corrected chi connectivity index (χ4v) is 5.44. The van der Waals surface area contributed by atoms with Gasteiger partial charge in [0.05, 0.1) is 34.5 Å². The van der Waals surface area contributed by atoms with Gasteiger partial charge in [0.15, 0.2) is 15.0 Å². The Balaban J connectivity index is 1.67. The number of carbonyl (C=O) groups is 1. The molecule has 2 aromatic carbocycles. The summed E-state index contributed by atoms with van der Waals surface area (Å²) in [6.07, 6.45) is 1.63. The fourth-order valence-electron chi connectivity index (χ4n) is 3.16. The lowest BCUT2D eigenvalue weighted by molar-refractivity contribution is -0.116. The van der Waals surface area contributed by atoms with E-state index in [1.807, 2.05) is 31.2 Å². The predicted octanol–water partition coefficient (Wildman–Crippen LogP) is 4.02. The number of nitrogens with zero attached hydrogens (tertiary/aromatic N) is 3. The number of aryl methyl sites for hydroxylation is 1. The number of aromatic nitrogens is 2. The SMILES string of the molecule is COc1ccc(S(=O)(=O)CC(=O)N(Cc2ccccn2)c2nc3ccc(C)cc3s2)cc1. The zero-order valence-electron chi connectivity index (χ0n) is 17.6. The zero-order valence-corrected chi connectivity index (χ0v) is 19.2. The minimum Gasteiger partial charge on any atom is -0.497 e. The predicted molar refractivity (Wildman–Crippen MR) is 125 cm³/mol. The maximum Gasteiger partial charge on any atom is 0.244 e. The van der Waals surface area contributed by atoms with Crippen molar-refractivity contribution in [2.75, 3.05) is 17.8 Å². The summed E-state index contributed by atoms with van der Waals surface area (Å²) in [6.45, 7) is 2.10. The normalized spacial score (nSPS) is 11.4. The number of anilines is 1. The Morgan fingerprint density at radius 1 is 1.09 bits per heavy atom. The van der Waals surface area contributed by atoms with Crippen molar-refractivity contribution in [3.05, 3.63) is 78.1 Å². The van der Waals surface area contributed by atoms with Crippen LogP contribution in [0.1, 0.15) is 11.3 Å². The van der Waals surface area contributed by atoms with Gasteiger partial charge in [-0.3, -0.25) is 14.7 Å². The van der Waals surface area contributed by atoms with Crippen LogP contribution in [0.5, 0.6) is 5.75 Å². The van der Waals surface area contributed by atoms with Crippen molar-refractivity contribution in [3.8, 4) is 5.75 Å². The Morgan fingerprint density at radius 3 is 2.56 bits per heavy atom. The monoisotopic (exact) mass is 467 g/mol. The second-order valence-electron chi connectivity index (χ2n) is 7.20. The molecule has 0 unspecified atom stereocenters. The Morgan fingerprint density at radius 2 is 1.88 bits per heavy atom. The van der Waals surface area contributed by atoms with Crippen LogP contribution in [-0.4, -0.2) is 37.2 Å². The van der Waals surface area contributed by atoms with Crippen LogP contribution in [0.25, 0.3) is 10.2 Å². The topological polar surface area (TPSA) is 89.5 Å². The van der Waals surface area contributed by atoms with Gasteiger partial charge in [0.1, 0.15) is 11.5 Å². The molecule has 7 nitrogen and oxygen atoms in total. The number of rotatable bonds is 7. The average Bonchev–Trinajstić information content (AvgIpc) is 3.20. The molecule has 0 aliphatic carbocycles. The first kappa shape index (κ1) is 21.9. The van der Waals surface area contributed by atoms with Crippen LogP contribution >= 0.6 is 11.3 Å². The number of fused-ring (bicyclic) bond motifs is 1. The van der Waals surface area contributed by atoms with Crippen LogP contribution in [0.15, 0.2) is 71.8 Å². The number of amides is 1. The molecule has 9 heteroatoms. The Hall–Kier alpha value is -3.30. The Bertz CT molecular complexity index is 1350. The van der Waals surface area contributed by atoms with Gasteiger partial charge in [0, 0.05) is 6.20 Å². The van der Waals surface area contributed by atoms with Gasteiger partial charge in [-0.15, -0.1) is 0 Å². The molecule has 0 saturated carbocycles. The highest BCUT2D eigenvalue weighted by atomic mass is 32.2. The van der Waals surface area contributed by atoms with E-state index in [0.29, 0.717) is 16.6 Å². The number of thiazole rings is 1. The molecule has 0 bridgehead atoms. The van der Waals surface area contributed by atoms with E-state index in [2.05, 4.69) is 9.97 Å². The average molecular weight is 468 g/mol. The van der Waals surface area contributed by atoms with Gasteiger partial charge in [-0.2, -0.15) is 0 Å². The maximum absolute atomic E-state index is 13.3. The van der Waals surface area contributed by atoms with Gasteiger partial charge in [-0.1, -0.05) is 23.5 Å². The molecule has 2 heterocycles. The molecule has 0 spiro atoms. The highest BCUT2D eigenvalue weighted by Gasteiger charge is 2.27. The number of methoxy groups -OCH3 is 1. The summed E-state index contributed by atoms with van der Waals surface area (Å²) in [4.78, 5) is 23.6. The van der Waals surface area contributed by atoms with E-state index in [0.717, 1.165) is 15.8 Å². The number of benzene rings is 2. The lowest BCUT2D eigenvalue weighted by atomic mass is 10.2. The molecule has 32 heavy (non-hydrogen) atoms. The van der Waals surface area contributed by atoms with Gasteiger partial charge < -0.3 is 4.74 Å². The van der Waals surface area contributed by atoms with Crippen molar-refractivity contribution in [3.63, 3.8) is 0 Å². The second-order valence-corrected chi connectivity index (χ2v) is 10.2. The first-order chi connectivity index (χ1) is 15.4. The molecule has 2 aromatic heterocycles. The molecule has 0 saturated heterocycles. The molecule has 0 fully saturated rings. The summed E-state index contributed by atoms with van der Waals surface area (Å²) in [5.74, 6) is -0.708. The van der Waals surface area contributed by atoms with Gasteiger partial charge in [-0.25, -0.2) is 13.4 Å². The summed E-state index contributed by atoms with van der Waals surface area (Å²) in [6, 6.07) is 17.2. The molecule has 4 aromatic rings. The summed E-state index contributed by atoms with van der Waals surface area (Å²) in [7, 11) is -2.35. The van der Waals surface area contributed by atoms with E-state index in [1.54, 1.807) is 30.5 Å². The molecule has 0 atom stereocenters. The molecule has 0 aliphatic rings. The lowest BCUT2D eigenvalue weighted by Gasteiger charge is -2.19. The third kappa shape index (κ3) is 4.79. The van der Waals surface area contributed by atoms with Crippen molar-refractivity contribution in [2.45, 2.75) is 18.4 Å². The third-order valence-corrected chi connectivity index (χ3v) is 7.50. The van der Waals surface area contributed by atoms with E-state index in [-0.39, 0.29) is 11.4 Å². The van der Waals surface area contributed by atoms with Gasteiger partial charge in [0.25, 0.3) is 0 Å². The third-order valence-electron chi connectivity index (χ3n) is 4.84. The van der Waals surface area contributed by atoms with Crippen molar-refractivity contribution in [1.82, 2.24) is 9.97 Å². The molecule has 164 valence electrons. The summed E-state index contributed by atoms with van der Waals surface area (Å²) in [5, 5.41) is 0.436. The second kappa shape index (κ2) is 9.05. The van der Waals surface area contributed by atoms with E-state index in [4.69, 9.17) is 4.74 Å². The molecule has 1 amide bonds. The minimum absolute atomic E-state index is 0.0596. The van der Waals surface area contributed by atoms with E-state index < -0.39 is 21.5 Å². The highest BCUT2D eigenvalue weighted by Crippen LogP contribution is 2.31. The molecular weight excluding hydrogens is 446 g/mol. The Labute approximate surface area is 190 Å². The number of pyridine rings is 1. The van der Waals surface area contributed by atoms with Crippen LogP contribution in [0.4, 0.5) is 5.13 Å². The smallest absolute Gasteiger partial charge is 0.244 e. The summed E-state index contributed by atoms with van der Waals surface area (Å²) >= 11 is 1.35. The quantitative estimate of drug-likeness (QED) is 0.408. The van der Waals surface area contributed by atoms with E-state index in [9.17, 15) is 13.2 Å². The Kier molecular flexibility index (Phi) is 6.20. The van der Waals surface area contributed by atoms with Gasteiger partial charge >= 0.3 is 0 Å². The number of hydrogen-bond donors (Lipinski definition) is 0. The lowest BCUT2D eigenvalue weighted by Crippen LogP contribution is -2.35. The summed E-state index contributed by atoms with van der Waals surface area (Å²) < 4.78 is 31.9. The highest BCUT2D eigenvalue weighted by molar-refractivity contribution is 7.92. The molecular formula is C23H21N3O4S2. The molecule has 0 aliphatic heterocycles. The first-order valence-corrected chi connectivity index (χ1v) is 12.3. The van der Waals surface area contributed by atoms with Crippen molar-refractivity contribution >= 4 is 42.4 Å². The van der Waals surface area contributed by atoms with Crippen LogP contribution < -0.4 is 9.64 Å². The number of sulfone groups is 1. The van der Waals surface area contributed by atoms with Crippen molar-refractivity contribution < 1.29 is 17.9 Å². The zero-order chi connectivity index (χ0) is 22.7. The number of hydrogen-bond acceptors (Lipinski definition) is 7. The van der Waals surface area contributed by atoms with Crippen LogP contribution in [0.2, 0.25) is 0 Å². The van der Waals surface area contributed by atoms with Crippen molar-refractivity contribution in [1.29, 1.82) is 0 Å². The van der Waals surface area contributed by atoms with Crippen LogP contribution in [-0.2, 0) is 21.2 Å². The molecule has 0 radical (unpaired) electrons. The fraction of sp³-hybridized carbons (Fsp3) is 0.174. The first-order valence-electron chi connectivity index (χ1n) is 9.80. The van der Waals surface area contributed by atoms with Crippen LogP contribution in [0.3, 0.4) is 0 Å².